The van der Waals surface area contributed by atoms with E-state index in [2.05, 4.69) is 0 Å². The summed E-state index contributed by atoms with van der Waals surface area (Å²) in [7, 11) is 0.634. The summed E-state index contributed by atoms with van der Waals surface area (Å²) in [6.45, 7) is 0. The molecule has 1 aromatic rings. The molecule has 20 heavy (non-hydrogen) atoms. The van der Waals surface area contributed by atoms with E-state index in [-0.39, 0.29) is 33.5 Å². The number of methoxy groups -OCH3 is 1. The molecule has 5 heteroatoms. The second kappa shape index (κ2) is 5.28. The Hall–Kier alpha value is -1.23. The molecule has 2 aliphatic rings. The maximum Gasteiger partial charge on any atom is 0.172 e. The van der Waals surface area contributed by atoms with Crippen molar-refractivity contribution in [2.75, 3.05) is 7.11 Å². The molecule has 2 aliphatic heterocycles. The van der Waals surface area contributed by atoms with Crippen molar-refractivity contribution in [2.24, 2.45) is 5.92 Å². The van der Waals surface area contributed by atoms with Gasteiger partial charge in [-0.2, -0.15) is 0 Å². The number of hydrogen-bond donors (Lipinski definition) is 0. The Morgan fingerprint density at radius 1 is 1.30 bits per heavy atom. The molecule has 0 saturated carbocycles. The van der Waals surface area contributed by atoms with Crippen molar-refractivity contribution >= 4 is 16.6 Å². The number of halogens is 1. The number of hydrogen-bond acceptors (Lipinski definition) is 3. The summed E-state index contributed by atoms with van der Waals surface area (Å²) < 4.78 is 31.1. The fourth-order valence-electron chi connectivity index (χ4n) is 3.36. The van der Waals surface area contributed by atoms with E-state index in [1.54, 1.807) is 6.07 Å². The standard InChI is InChI=1S/C15H17FO3S/c1-19-13-4-2-3-12(16)14(13)15(17)9-7-10-5-6-11(8-9)20(10)18/h2-4,9-11H,5-8H2,1H3. The average Bonchev–Trinajstić information content (AvgIpc) is 2.67. The van der Waals surface area contributed by atoms with Crippen LogP contribution in [0.5, 0.6) is 5.75 Å². The van der Waals surface area contributed by atoms with Crippen LogP contribution in [0.3, 0.4) is 0 Å². The van der Waals surface area contributed by atoms with Crippen molar-refractivity contribution in [1.29, 1.82) is 0 Å². The highest BCUT2D eigenvalue weighted by molar-refractivity contribution is 7.86. The Morgan fingerprint density at radius 2 is 1.95 bits per heavy atom. The van der Waals surface area contributed by atoms with Gasteiger partial charge in [0.05, 0.1) is 12.7 Å². The molecule has 2 saturated heterocycles. The van der Waals surface area contributed by atoms with Crippen LogP contribution in [0.2, 0.25) is 0 Å². The zero-order valence-corrected chi connectivity index (χ0v) is 12.1. The van der Waals surface area contributed by atoms with Crippen molar-refractivity contribution in [1.82, 2.24) is 0 Å². The molecule has 2 atom stereocenters. The van der Waals surface area contributed by atoms with E-state index in [0.29, 0.717) is 12.8 Å². The summed E-state index contributed by atoms with van der Waals surface area (Å²) in [5, 5.41) is 0.223. The Kier molecular flexibility index (Phi) is 3.63. The summed E-state index contributed by atoms with van der Waals surface area (Å²) in [5.41, 5.74) is 0.0482. The first-order valence-corrected chi connectivity index (χ1v) is 8.15. The smallest absolute Gasteiger partial charge is 0.172 e. The fourth-order valence-corrected chi connectivity index (χ4v) is 5.49. The van der Waals surface area contributed by atoms with Gasteiger partial charge in [0.25, 0.3) is 0 Å². The highest BCUT2D eigenvalue weighted by Crippen LogP contribution is 2.40. The van der Waals surface area contributed by atoms with Crippen LogP contribution in [0.25, 0.3) is 0 Å². The van der Waals surface area contributed by atoms with E-state index in [4.69, 9.17) is 4.74 Å². The van der Waals surface area contributed by atoms with Crippen molar-refractivity contribution in [3.05, 3.63) is 29.6 Å². The van der Waals surface area contributed by atoms with Crippen molar-refractivity contribution in [3.8, 4) is 5.75 Å². The maximum absolute atomic E-state index is 14.0. The average molecular weight is 296 g/mol. The van der Waals surface area contributed by atoms with E-state index >= 15 is 0 Å². The minimum Gasteiger partial charge on any atom is -0.496 e. The molecule has 0 N–H and O–H groups in total. The Labute approximate surface area is 120 Å². The van der Waals surface area contributed by atoms with Crippen molar-refractivity contribution in [2.45, 2.75) is 36.2 Å². The first kappa shape index (κ1) is 13.7. The molecule has 108 valence electrons. The topological polar surface area (TPSA) is 43.4 Å². The van der Waals surface area contributed by atoms with Gasteiger partial charge < -0.3 is 4.74 Å². The Morgan fingerprint density at radius 3 is 2.55 bits per heavy atom. The predicted molar refractivity (Wildman–Crippen MR) is 75.0 cm³/mol. The number of ether oxygens (including phenoxy) is 1. The number of carbonyl (C=O) groups excluding carboxylic acids is 1. The zero-order chi connectivity index (χ0) is 14.3. The number of carbonyl (C=O) groups is 1. The Balaban J connectivity index is 1.89. The number of Topliss-reactive ketones (excluding diaryl/α,β-unsaturated/α-hetero) is 1. The molecule has 2 heterocycles. The fraction of sp³-hybridized carbons (Fsp3) is 0.533. The maximum atomic E-state index is 14.0. The van der Waals surface area contributed by atoms with Gasteiger partial charge in [0.2, 0.25) is 0 Å². The molecular weight excluding hydrogens is 279 g/mol. The summed E-state index contributed by atoms with van der Waals surface area (Å²) in [5.74, 6) is -0.674. The van der Waals surface area contributed by atoms with E-state index < -0.39 is 16.6 Å². The van der Waals surface area contributed by atoms with E-state index in [1.807, 2.05) is 0 Å². The van der Waals surface area contributed by atoms with Gasteiger partial charge in [-0.05, 0) is 37.8 Å². The zero-order valence-electron chi connectivity index (χ0n) is 11.3. The monoisotopic (exact) mass is 296 g/mol. The number of ketones is 1. The Bertz CT molecular complexity index is 556. The third-order valence-electron chi connectivity index (χ3n) is 4.37. The van der Waals surface area contributed by atoms with Gasteiger partial charge in [0.15, 0.2) is 5.78 Å². The molecule has 0 radical (unpaired) electrons. The van der Waals surface area contributed by atoms with E-state index in [1.165, 1.54) is 19.2 Å². The van der Waals surface area contributed by atoms with E-state index in [9.17, 15) is 13.4 Å². The third-order valence-corrected chi connectivity index (χ3v) is 6.55. The molecule has 1 aromatic carbocycles. The molecule has 2 unspecified atom stereocenters. The van der Waals surface area contributed by atoms with Gasteiger partial charge in [0, 0.05) is 27.2 Å². The normalized spacial score (nSPS) is 32.1. The summed E-state index contributed by atoms with van der Waals surface area (Å²) in [6, 6.07) is 4.42. The molecule has 3 rings (SSSR count). The lowest BCUT2D eigenvalue weighted by atomic mass is 9.89. The largest absolute Gasteiger partial charge is 0.496 e. The second-order valence-corrected chi connectivity index (χ2v) is 7.49. The van der Waals surface area contributed by atoms with Crippen LogP contribution in [0.1, 0.15) is 36.0 Å². The van der Waals surface area contributed by atoms with Crippen LogP contribution < -0.4 is 4.74 Å². The number of rotatable bonds is 3. The number of benzene rings is 1. The van der Waals surface area contributed by atoms with Crippen LogP contribution in [-0.2, 0) is 10.8 Å². The van der Waals surface area contributed by atoms with Crippen LogP contribution in [0.15, 0.2) is 18.2 Å². The second-order valence-electron chi connectivity index (χ2n) is 5.50. The van der Waals surface area contributed by atoms with E-state index in [0.717, 1.165) is 12.8 Å². The quantitative estimate of drug-likeness (QED) is 0.806. The molecule has 2 fully saturated rings. The van der Waals surface area contributed by atoms with Gasteiger partial charge in [0.1, 0.15) is 11.6 Å². The molecule has 2 bridgehead atoms. The summed E-state index contributed by atoms with van der Waals surface area (Å²) >= 11 is 0. The molecule has 0 spiro atoms. The van der Waals surface area contributed by atoms with Gasteiger partial charge in [-0.3, -0.25) is 9.00 Å². The van der Waals surface area contributed by atoms with Gasteiger partial charge in [-0.1, -0.05) is 6.07 Å². The molecule has 0 aliphatic carbocycles. The van der Waals surface area contributed by atoms with Crippen molar-refractivity contribution < 1.29 is 18.1 Å². The van der Waals surface area contributed by atoms with Crippen LogP contribution in [-0.4, -0.2) is 27.6 Å². The first-order chi connectivity index (χ1) is 9.61. The van der Waals surface area contributed by atoms with Gasteiger partial charge in [-0.25, -0.2) is 4.39 Å². The summed E-state index contributed by atoms with van der Waals surface area (Å²) in [4.78, 5) is 12.6. The molecule has 0 amide bonds. The van der Waals surface area contributed by atoms with Crippen LogP contribution >= 0.6 is 0 Å². The molecular formula is C15H17FO3S. The SMILES string of the molecule is COc1cccc(F)c1C(=O)C1CC2CCC(C1)S2=O. The highest BCUT2D eigenvalue weighted by atomic mass is 32.2. The highest BCUT2D eigenvalue weighted by Gasteiger charge is 2.43. The van der Waals surface area contributed by atoms with Crippen molar-refractivity contribution in [3.63, 3.8) is 0 Å². The molecule has 3 nitrogen and oxygen atoms in total. The van der Waals surface area contributed by atoms with Gasteiger partial charge in [-0.15, -0.1) is 0 Å². The minimum atomic E-state index is -0.802. The van der Waals surface area contributed by atoms with Crippen LogP contribution in [0, 0.1) is 11.7 Å². The lowest BCUT2D eigenvalue weighted by Gasteiger charge is -2.26. The predicted octanol–water partition coefficient (Wildman–Crippen LogP) is 2.71. The lowest BCUT2D eigenvalue weighted by Crippen LogP contribution is -2.32. The van der Waals surface area contributed by atoms with Crippen LogP contribution in [0.4, 0.5) is 4.39 Å². The van der Waals surface area contributed by atoms with Gasteiger partial charge >= 0.3 is 0 Å². The third kappa shape index (κ3) is 2.18. The lowest BCUT2D eigenvalue weighted by molar-refractivity contribution is 0.0898. The summed E-state index contributed by atoms with van der Waals surface area (Å²) in [6.07, 6.45) is 3.07. The first-order valence-electron chi connectivity index (χ1n) is 6.88. The molecule has 0 aromatic heterocycles. The number of fused-ring (bicyclic) bond motifs is 2. The minimum absolute atomic E-state index is 0.0482.